The van der Waals surface area contributed by atoms with Crippen LogP contribution in [-0.2, 0) is 0 Å². The standard InChI is InChI=1S/C12H23N3.C2H6/c1-2-11(1)14-7-9-15(10-8-14)12-3-5-13-6-4-12;1-2/h11-13H,1-10H2;1-2H3. The second-order valence-corrected chi connectivity index (χ2v) is 5.28. The molecule has 2 heterocycles. The van der Waals surface area contributed by atoms with Gasteiger partial charge >= 0.3 is 0 Å². The lowest BCUT2D eigenvalue weighted by atomic mass is 10.0. The molecule has 1 aliphatic carbocycles. The summed E-state index contributed by atoms with van der Waals surface area (Å²) in [5.41, 5.74) is 0. The molecule has 0 aromatic carbocycles. The van der Waals surface area contributed by atoms with Gasteiger partial charge in [-0.25, -0.2) is 0 Å². The fraction of sp³-hybridized carbons (Fsp3) is 1.00. The molecule has 100 valence electrons. The van der Waals surface area contributed by atoms with Crippen molar-refractivity contribution >= 4 is 0 Å². The average molecular weight is 239 g/mol. The second-order valence-electron chi connectivity index (χ2n) is 5.28. The third-order valence-corrected chi connectivity index (χ3v) is 4.24. The van der Waals surface area contributed by atoms with Crippen LogP contribution in [0.25, 0.3) is 0 Å². The van der Waals surface area contributed by atoms with E-state index < -0.39 is 0 Å². The van der Waals surface area contributed by atoms with Gasteiger partial charge in [-0.05, 0) is 38.8 Å². The van der Waals surface area contributed by atoms with E-state index in [9.17, 15) is 0 Å². The van der Waals surface area contributed by atoms with Gasteiger partial charge in [-0.1, -0.05) is 13.8 Å². The van der Waals surface area contributed by atoms with Gasteiger partial charge in [0.05, 0.1) is 0 Å². The molecule has 1 N–H and O–H groups in total. The van der Waals surface area contributed by atoms with Crippen molar-refractivity contribution in [2.45, 2.75) is 51.6 Å². The van der Waals surface area contributed by atoms with E-state index in [0.717, 1.165) is 12.1 Å². The van der Waals surface area contributed by atoms with Crippen LogP contribution in [0.15, 0.2) is 0 Å². The zero-order chi connectivity index (χ0) is 12.1. The largest absolute Gasteiger partial charge is 0.317 e. The van der Waals surface area contributed by atoms with Gasteiger partial charge in [-0.15, -0.1) is 0 Å². The Bertz CT molecular complexity index is 202. The fourth-order valence-corrected chi connectivity index (χ4v) is 3.08. The van der Waals surface area contributed by atoms with Crippen molar-refractivity contribution < 1.29 is 0 Å². The highest BCUT2D eigenvalue weighted by molar-refractivity contribution is 4.89. The molecule has 3 rings (SSSR count). The van der Waals surface area contributed by atoms with Crippen LogP contribution >= 0.6 is 0 Å². The molecule has 3 heteroatoms. The maximum Gasteiger partial charge on any atom is 0.0120 e. The first kappa shape index (κ1) is 13.3. The molecule has 2 aliphatic heterocycles. The van der Waals surface area contributed by atoms with Crippen molar-refractivity contribution in [3.05, 3.63) is 0 Å². The molecule has 0 aromatic heterocycles. The molecule has 3 aliphatic rings. The first-order chi connectivity index (χ1) is 8.43. The lowest BCUT2D eigenvalue weighted by Gasteiger charge is -2.41. The molecule has 3 fully saturated rings. The number of rotatable bonds is 2. The van der Waals surface area contributed by atoms with Crippen molar-refractivity contribution in [2.24, 2.45) is 0 Å². The summed E-state index contributed by atoms with van der Waals surface area (Å²) in [6.45, 7) is 11.8. The van der Waals surface area contributed by atoms with E-state index in [1.54, 1.807) is 0 Å². The van der Waals surface area contributed by atoms with Gasteiger partial charge in [-0.2, -0.15) is 0 Å². The van der Waals surface area contributed by atoms with Gasteiger partial charge in [0, 0.05) is 38.3 Å². The highest BCUT2D eigenvalue weighted by Gasteiger charge is 2.32. The maximum atomic E-state index is 3.45. The zero-order valence-electron chi connectivity index (χ0n) is 11.6. The van der Waals surface area contributed by atoms with Crippen LogP contribution in [0.1, 0.15) is 39.5 Å². The van der Waals surface area contributed by atoms with E-state index in [0.29, 0.717) is 0 Å². The van der Waals surface area contributed by atoms with Gasteiger partial charge in [0.15, 0.2) is 0 Å². The quantitative estimate of drug-likeness (QED) is 0.789. The minimum atomic E-state index is 0.882. The predicted molar refractivity (Wildman–Crippen MR) is 73.4 cm³/mol. The summed E-state index contributed by atoms with van der Waals surface area (Å²) in [5, 5.41) is 3.45. The molecule has 3 nitrogen and oxygen atoms in total. The van der Waals surface area contributed by atoms with Crippen LogP contribution in [0.5, 0.6) is 0 Å². The molecule has 0 aromatic rings. The van der Waals surface area contributed by atoms with E-state index in [4.69, 9.17) is 0 Å². The Labute approximate surface area is 107 Å². The van der Waals surface area contributed by atoms with Crippen LogP contribution in [0.3, 0.4) is 0 Å². The molecule has 0 spiro atoms. The Hall–Kier alpha value is -0.120. The van der Waals surface area contributed by atoms with Gasteiger partial charge in [0.2, 0.25) is 0 Å². The minimum Gasteiger partial charge on any atom is -0.317 e. The molecule has 0 unspecified atom stereocenters. The molecule has 0 bridgehead atoms. The monoisotopic (exact) mass is 239 g/mol. The van der Waals surface area contributed by atoms with Crippen molar-refractivity contribution in [2.75, 3.05) is 39.3 Å². The van der Waals surface area contributed by atoms with Gasteiger partial charge in [0.25, 0.3) is 0 Å². The topological polar surface area (TPSA) is 18.5 Å². The second kappa shape index (κ2) is 6.72. The predicted octanol–water partition coefficient (Wildman–Crippen LogP) is 1.54. The van der Waals surface area contributed by atoms with E-state index in [1.165, 1.54) is 65.0 Å². The van der Waals surface area contributed by atoms with E-state index in [2.05, 4.69) is 15.1 Å². The molecular formula is C14H29N3. The van der Waals surface area contributed by atoms with Gasteiger partial charge in [-0.3, -0.25) is 9.80 Å². The van der Waals surface area contributed by atoms with E-state index >= 15 is 0 Å². The number of nitrogens with one attached hydrogen (secondary N) is 1. The van der Waals surface area contributed by atoms with Crippen molar-refractivity contribution in [1.29, 1.82) is 0 Å². The lowest BCUT2D eigenvalue weighted by Crippen LogP contribution is -2.53. The zero-order valence-corrected chi connectivity index (χ0v) is 11.6. The van der Waals surface area contributed by atoms with Crippen molar-refractivity contribution in [3.63, 3.8) is 0 Å². The van der Waals surface area contributed by atoms with Gasteiger partial charge in [0.1, 0.15) is 0 Å². The average Bonchev–Trinajstić information content (AvgIpc) is 3.27. The molecule has 1 saturated carbocycles. The summed E-state index contributed by atoms with van der Waals surface area (Å²) in [6, 6.07) is 1.85. The van der Waals surface area contributed by atoms with Crippen molar-refractivity contribution in [1.82, 2.24) is 15.1 Å². The maximum absolute atomic E-state index is 3.45. The number of nitrogens with zero attached hydrogens (tertiary/aromatic N) is 2. The van der Waals surface area contributed by atoms with Crippen LogP contribution in [0.4, 0.5) is 0 Å². The van der Waals surface area contributed by atoms with Crippen LogP contribution in [0, 0.1) is 0 Å². The van der Waals surface area contributed by atoms with E-state index in [1.807, 2.05) is 13.8 Å². The summed E-state index contributed by atoms with van der Waals surface area (Å²) >= 11 is 0. The smallest absolute Gasteiger partial charge is 0.0120 e. The Morgan fingerprint density at radius 3 is 1.53 bits per heavy atom. The Morgan fingerprint density at radius 1 is 0.706 bits per heavy atom. The van der Waals surface area contributed by atoms with Crippen LogP contribution in [0.2, 0.25) is 0 Å². The molecular weight excluding hydrogens is 210 g/mol. The lowest BCUT2D eigenvalue weighted by molar-refractivity contribution is 0.0781. The highest BCUT2D eigenvalue weighted by atomic mass is 15.3. The fourth-order valence-electron chi connectivity index (χ4n) is 3.08. The first-order valence-corrected chi connectivity index (χ1v) is 7.62. The third-order valence-electron chi connectivity index (χ3n) is 4.24. The van der Waals surface area contributed by atoms with E-state index in [-0.39, 0.29) is 0 Å². The van der Waals surface area contributed by atoms with Gasteiger partial charge < -0.3 is 5.32 Å². The molecule has 17 heavy (non-hydrogen) atoms. The Morgan fingerprint density at radius 2 is 1.12 bits per heavy atom. The number of hydrogen-bond acceptors (Lipinski definition) is 3. The number of piperidine rings is 1. The Kier molecular flexibility index (Phi) is 5.26. The van der Waals surface area contributed by atoms with Crippen LogP contribution < -0.4 is 5.32 Å². The summed E-state index contributed by atoms with van der Waals surface area (Å²) in [6.07, 6.45) is 5.66. The molecule has 0 radical (unpaired) electrons. The molecule has 2 saturated heterocycles. The van der Waals surface area contributed by atoms with Crippen molar-refractivity contribution in [3.8, 4) is 0 Å². The molecule has 0 amide bonds. The summed E-state index contributed by atoms with van der Waals surface area (Å²) in [7, 11) is 0. The summed E-state index contributed by atoms with van der Waals surface area (Å²) in [4.78, 5) is 5.44. The highest BCUT2D eigenvalue weighted by Crippen LogP contribution is 2.28. The normalized spacial score (nSPS) is 28.6. The van der Waals surface area contributed by atoms with Crippen LogP contribution in [-0.4, -0.2) is 61.2 Å². The summed E-state index contributed by atoms with van der Waals surface area (Å²) < 4.78 is 0. The number of piperazine rings is 1. The molecule has 0 atom stereocenters. The third kappa shape index (κ3) is 3.67. The SMILES string of the molecule is C1CC(N2CCN(C3CC3)CC2)CCN1.CC. The minimum absolute atomic E-state index is 0.882. The Balaban J connectivity index is 0.000000514. The summed E-state index contributed by atoms with van der Waals surface area (Å²) in [5.74, 6) is 0. The number of hydrogen-bond donors (Lipinski definition) is 1. The first-order valence-electron chi connectivity index (χ1n) is 7.62.